The fourth-order valence-electron chi connectivity index (χ4n) is 1.75. The number of rotatable bonds is 4. The molecule has 1 aromatic heterocycles. The molecule has 0 saturated carbocycles. The van der Waals surface area contributed by atoms with Crippen LogP contribution in [0.1, 0.15) is 31.6 Å². The summed E-state index contributed by atoms with van der Waals surface area (Å²) >= 11 is 0. The Bertz CT molecular complexity index is 451. The topological polar surface area (TPSA) is 51.8 Å². The molecule has 17 heavy (non-hydrogen) atoms. The molecule has 0 amide bonds. The minimum Gasteiger partial charge on any atom is -0.321 e. The lowest BCUT2D eigenvalue weighted by Crippen LogP contribution is -2.13. The first-order valence-electron chi connectivity index (χ1n) is 5.94. The van der Waals surface area contributed by atoms with E-state index in [1.54, 1.807) is 0 Å². The van der Waals surface area contributed by atoms with Crippen LogP contribution in [0.2, 0.25) is 0 Å². The van der Waals surface area contributed by atoms with Crippen molar-refractivity contribution in [1.29, 1.82) is 0 Å². The number of aromatic nitrogens is 2. The van der Waals surface area contributed by atoms with Crippen LogP contribution in [-0.2, 0) is 0 Å². The van der Waals surface area contributed by atoms with Gasteiger partial charge in [0.25, 0.3) is 0 Å². The van der Waals surface area contributed by atoms with Crippen molar-refractivity contribution in [2.45, 2.75) is 25.8 Å². The van der Waals surface area contributed by atoms with E-state index >= 15 is 0 Å². The highest BCUT2D eigenvalue weighted by Gasteiger charge is 2.07. The average Bonchev–Trinajstić information content (AvgIpc) is 2.40. The van der Waals surface area contributed by atoms with Gasteiger partial charge in [0.15, 0.2) is 0 Å². The van der Waals surface area contributed by atoms with Gasteiger partial charge < -0.3 is 5.73 Å². The van der Waals surface area contributed by atoms with Gasteiger partial charge in [-0.25, -0.2) is 9.97 Å². The predicted octanol–water partition coefficient (Wildman–Crippen LogP) is 2.94. The maximum atomic E-state index is 5.97. The van der Waals surface area contributed by atoms with Gasteiger partial charge >= 0.3 is 0 Å². The lowest BCUT2D eigenvalue weighted by molar-refractivity contribution is 0.602. The summed E-state index contributed by atoms with van der Waals surface area (Å²) in [5.41, 5.74) is 8.12. The third kappa shape index (κ3) is 2.88. The molecule has 1 aromatic carbocycles. The first-order valence-corrected chi connectivity index (χ1v) is 5.94. The highest BCUT2D eigenvalue weighted by molar-refractivity contribution is 5.60. The second-order valence-corrected chi connectivity index (χ2v) is 4.09. The standard InChI is InChI=1S/C14H17N3/c1-2-6-13(15)14-16-9-12(10-17-14)11-7-4-3-5-8-11/h3-5,7-10,13H,2,6,15H2,1H3. The molecule has 2 rings (SSSR count). The SMILES string of the molecule is CCCC(N)c1ncc(-c2ccccc2)cn1. The third-order valence-electron chi connectivity index (χ3n) is 2.71. The van der Waals surface area contributed by atoms with Crippen LogP contribution in [0, 0.1) is 0 Å². The van der Waals surface area contributed by atoms with Crippen molar-refractivity contribution < 1.29 is 0 Å². The Kier molecular flexibility index (Phi) is 3.83. The number of hydrogen-bond donors (Lipinski definition) is 1. The quantitative estimate of drug-likeness (QED) is 0.873. The Morgan fingerprint density at radius 2 is 1.71 bits per heavy atom. The molecular formula is C14H17N3. The summed E-state index contributed by atoms with van der Waals surface area (Å²) < 4.78 is 0. The van der Waals surface area contributed by atoms with Crippen molar-refractivity contribution in [2.75, 3.05) is 0 Å². The van der Waals surface area contributed by atoms with Gasteiger partial charge in [-0.3, -0.25) is 0 Å². The second-order valence-electron chi connectivity index (χ2n) is 4.09. The number of benzene rings is 1. The van der Waals surface area contributed by atoms with Crippen molar-refractivity contribution in [1.82, 2.24) is 9.97 Å². The maximum Gasteiger partial charge on any atom is 0.144 e. The highest BCUT2D eigenvalue weighted by Crippen LogP contribution is 2.18. The van der Waals surface area contributed by atoms with Crippen LogP contribution in [0.3, 0.4) is 0 Å². The highest BCUT2D eigenvalue weighted by atomic mass is 14.9. The molecule has 0 spiro atoms. The van der Waals surface area contributed by atoms with Gasteiger partial charge in [0, 0.05) is 18.0 Å². The maximum absolute atomic E-state index is 5.97. The molecule has 0 fully saturated rings. The molecule has 88 valence electrons. The molecule has 0 radical (unpaired) electrons. The lowest BCUT2D eigenvalue weighted by Gasteiger charge is -2.08. The van der Waals surface area contributed by atoms with Crippen molar-refractivity contribution in [3.63, 3.8) is 0 Å². The first kappa shape index (κ1) is 11.7. The van der Waals surface area contributed by atoms with Crippen LogP contribution < -0.4 is 5.73 Å². The molecule has 0 saturated heterocycles. The fourth-order valence-corrected chi connectivity index (χ4v) is 1.75. The van der Waals surface area contributed by atoms with Crippen molar-refractivity contribution in [3.05, 3.63) is 48.5 Å². The Labute approximate surface area is 102 Å². The molecule has 2 N–H and O–H groups in total. The van der Waals surface area contributed by atoms with Gasteiger partial charge in [0.2, 0.25) is 0 Å². The summed E-state index contributed by atoms with van der Waals surface area (Å²) in [6.07, 6.45) is 5.65. The Morgan fingerprint density at radius 3 is 2.29 bits per heavy atom. The molecule has 3 nitrogen and oxygen atoms in total. The summed E-state index contributed by atoms with van der Waals surface area (Å²) in [4.78, 5) is 8.67. The summed E-state index contributed by atoms with van der Waals surface area (Å²) in [6.45, 7) is 2.11. The van der Waals surface area contributed by atoms with Crippen LogP contribution in [-0.4, -0.2) is 9.97 Å². The van der Waals surface area contributed by atoms with E-state index in [1.807, 2.05) is 42.7 Å². The van der Waals surface area contributed by atoms with E-state index in [0.717, 1.165) is 29.8 Å². The van der Waals surface area contributed by atoms with Crippen LogP contribution in [0.4, 0.5) is 0 Å². The predicted molar refractivity (Wildman–Crippen MR) is 69.3 cm³/mol. The lowest BCUT2D eigenvalue weighted by atomic mass is 10.1. The average molecular weight is 227 g/mol. The Morgan fingerprint density at radius 1 is 1.06 bits per heavy atom. The number of nitrogens with zero attached hydrogens (tertiary/aromatic N) is 2. The normalized spacial score (nSPS) is 12.4. The van der Waals surface area contributed by atoms with Crippen molar-refractivity contribution >= 4 is 0 Å². The minimum atomic E-state index is -0.0511. The van der Waals surface area contributed by atoms with Gasteiger partial charge in [-0.05, 0) is 12.0 Å². The van der Waals surface area contributed by atoms with Crippen LogP contribution >= 0.6 is 0 Å². The largest absolute Gasteiger partial charge is 0.321 e. The zero-order valence-electron chi connectivity index (χ0n) is 10.0. The second kappa shape index (κ2) is 5.55. The molecule has 2 aromatic rings. The van der Waals surface area contributed by atoms with Gasteiger partial charge in [0.1, 0.15) is 5.82 Å². The van der Waals surface area contributed by atoms with Crippen molar-refractivity contribution in [3.8, 4) is 11.1 Å². The van der Waals surface area contributed by atoms with E-state index in [1.165, 1.54) is 0 Å². The fraction of sp³-hybridized carbons (Fsp3) is 0.286. The van der Waals surface area contributed by atoms with E-state index in [-0.39, 0.29) is 6.04 Å². The molecule has 0 aliphatic rings. The first-order chi connectivity index (χ1) is 8.31. The summed E-state index contributed by atoms with van der Waals surface area (Å²) in [6, 6.07) is 10.0. The number of hydrogen-bond acceptors (Lipinski definition) is 3. The van der Waals surface area contributed by atoms with Gasteiger partial charge in [0.05, 0.1) is 6.04 Å². The summed E-state index contributed by atoms with van der Waals surface area (Å²) in [5, 5.41) is 0. The third-order valence-corrected chi connectivity index (χ3v) is 2.71. The molecule has 1 unspecified atom stereocenters. The molecule has 0 bridgehead atoms. The zero-order valence-corrected chi connectivity index (χ0v) is 10.0. The van der Waals surface area contributed by atoms with Gasteiger partial charge in [-0.2, -0.15) is 0 Å². The van der Waals surface area contributed by atoms with Crippen LogP contribution in [0.15, 0.2) is 42.7 Å². The summed E-state index contributed by atoms with van der Waals surface area (Å²) in [7, 11) is 0. The van der Waals surface area contributed by atoms with Crippen LogP contribution in [0.5, 0.6) is 0 Å². The monoisotopic (exact) mass is 227 g/mol. The van der Waals surface area contributed by atoms with E-state index in [9.17, 15) is 0 Å². The molecular weight excluding hydrogens is 210 g/mol. The molecule has 1 heterocycles. The molecule has 0 aliphatic carbocycles. The van der Waals surface area contributed by atoms with E-state index in [2.05, 4.69) is 16.9 Å². The summed E-state index contributed by atoms with van der Waals surface area (Å²) in [5.74, 6) is 0.728. The zero-order chi connectivity index (χ0) is 12.1. The molecule has 1 atom stereocenters. The smallest absolute Gasteiger partial charge is 0.144 e. The van der Waals surface area contributed by atoms with Crippen molar-refractivity contribution in [2.24, 2.45) is 5.73 Å². The Hall–Kier alpha value is -1.74. The minimum absolute atomic E-state index is 0.0511. The van der Waals surface area contributed by atoms with Gasteiger partial charge in [-0.1, -0.05) is 43.7 Å². The van der Waals surface area contributed by atoms with E-state index in [4.69, 9.17) is 5.73 Å². The molecule has 0 aliphatic heterocycles. The van der Waals surface area contributed by atoms with E-state index < -0.39 is 0 Å². The molecule has 3 heteroatoms. The van der Waals surface area contributed by atoms with E-state index in [0.29, 0.717) is 0 Å². The number of nitrogens with two attached hydrogens (primary N) is 1. The van der Waals surface area contributed by atoms with Crippen LogP contribution in [0.25, 0.3) is 11.1 Å². The Balaban J connectivity index is 2.19. The van der Waals surface area contributed by atoms with Gasteiger partial charge in [-0.15, -0.1) is 0 Å².